The Morgan fingerprint density at radius 3 is 2.36 bits per heavy atom. The minimum absolute atomic E-state index is 0.0782. The average Bonchev–Trinajstić information content (AvgIpc) is 2.54. The van der Waals surface area contributed by atoms with Gasteiger partial charge in [0, 0.05) is 12.5 Å². The molecule has 1 fully saturated rings. The van der Waals surface area contributed by atoms with Crippen LogP contribution in [0.5, 0.6) is 0 Å². The number of sulfone groups is 1. The van der Waals surface area contributed by atoms with Crippen LogP contribution < -0.4 is 5.32 Å². The number of carbonyl (C=O) groups excluding carboxylic acids is 4. The van der Waals surface area contributed by atoms with Gasteiger partial charge in [-0.1, -0.05) is 0 Å². The van der Waals surface area contributed by atoms with Gasteiger partial charge in [0.05, 0.1) is 12.9 Å². The Morgan fingerprint density at radius 2 is 1.86 bits per heavy atom. The summed E-state index contributed by atoms with van der Waals surface area (Å²) in [5.74, 6) is -3.07. The summed E-state index contributed by atoms with van der Waals surface area (Å²) in [5.41, 5.74) is -1.30. The van der Waals surface area contributed by atoms with E-state index in [1.54, 1.807) is 20.8 Å². The van der Waals surface area contributed by atoms with Crippen LogP contribution in [0.2, 0.25) is 0 Å². The van der Waals surface area contributed by atoms with E-state index in [9.17, 15) is 27.6 Å². The van der Waals surface area contributed by atoms with Gasteiger partial charge >= 0.3 is 18.0 Å². The van der Waals surface area contributed by atoms with Crippen molar-refractivity contribution in [3.8, 4) is 0 Å². The highest BCUT2D eigenvalue weighted by molar-refractivity contribution is 7.92. The van der Waals surface area contributed by atoms with Crippen molar-refractivity contribution in [2.24, 2.45) is 0 Å². The Kier molecular flexibility index (Phi) is 5.74. The number of fused-ring (bicyclic) bond motifs is 1. The SMILES string of the molecule is COC(=O)N[C@@H]1C(=O)N2C(C(=O)OC(C)(C)C)=C(COC(C)=O)CS(=O)(=O)C12. The van der Waals surface area contributed by atoms with Crippen LogP contribution in [0.25, 0.3) is 0 Å². The summed E-state index contributed by atoms with van der Waals surface area (Å²) in [5, 5.41) is 0.668. The predicted molar refractivity (Wildman–Crippen MR) is 93.3 cm³/mol. The first-order valence-electron chi connectivity index (χ1n) is 8.26. The molecule has 156 valence electrons. The molecule has 0 aromatic heterocycles. The summed E-state index contributed by atoms with van der Waals surface area (Å²) in [4.78, 5) is 48.5. The van der Waals surface area contributed by atoms with Crippen molar-refractivity contribution >= 4 is 33.8 Å². The summed E-state index contributed by atoms with van der Waals surface area (Å²) in [6.07, 6.45) is -0.985. The molecule has 12 heteroatoms. The molecule has 1 unspecified atom stereocenters. The maximum Gasteiger partial charge on any atom is 0.407 e. The summed E-state index contributed by atoms with van der Waals surface area (Å²) < 4.78 is 39.9. The second-order valence-corrected chi connectivity index (χ2v) is 9.35. The molecule has 0 spiro atoms. The summed E-state index contributed by atoms with van der Waals surface area (Å²) in [7, 11) is -2.92. The minimum Gasteiger partial charge on any atom is -0.461 e. The number of alkyl carbamates (subject to hydrolysis) is 1. The molecule has 0 aromatic carbocycles. The van der Waals surface area contributed by atoms with Gasteiger partial charge in [0.15, 0.2) is 15.2 Å². The number of nitrogens with zero attached hydrogens (tertiary/aromatic N) is 1. The van der Waals surface area contributed by atoms with Gasteiger partial charge in [-0.15, -0.1) is 0 Å². The van der Waals surface area contributed by atoms with E-state index >= 15 is 0 Å². The van der Waals surface area contributed by atoms with Crippen LogP contribution in [0, 0.1) is 0 Å². The predicted octanol–water partition coefficient (Wildman–Crippen LogP) is -0.533. The number of amides is 2. The van der Waals surface area contributed by atoms with E-state index in [0.29, 0.717) is 0 Å². The molecule has 0 aromatic rings. The molecule has 2 aliphatic heterocycles. The lowest BCUT2D eigenvalue weighted by molar-refractivity contribution is -0.159. The van der Waals surface area contributed by atoms with Gasteiger partial charge in [-0.3, -0.25) is 14.5 Å². The van der Waals surface area contributed by atoms with Gasteiger partial charge in [0.1, 0.15) is 23.9 Å². The smallest absolute Gasteiger partial charge is 0.407 e. The summed E-state index contributed by atoms with van der Waals surface area (Å²) in [6.45, 7) is 5.45. The number of β-lactam (4-membered cyclic amide) rings is 1. The number of ether oxygens (including phenoxy) is 3. The van der Waals surface area contributed by atoms with E-state index in [2.05, 4.69) is 10.1 Å². The second-order valence-electron chi connectivity index (χ2n) is 7.25. The Bertz CT molecular complexity index is 854. The van der Waals surface area contributed by atoms with Gasteiger partial charge in [-0.2, -0.15) is 0 Å². The van der Waals surface area contributed by atoms with Gasteiger partial charge in [0.2, 0.25) is 0 Å². The molecule has 1 saturated heterocycles. The third kappa shape index (κ3) is 4.26. The molecule has 2 rings (SSSR count). The van der Waals surface area contributed by atoms with Gasteiger partial charge in [-0.05, 0) is 20.8 Å². The van der Waals surface area contributed by atoms with Crippen molar-refractivity contribution in [1.29, 1.82) is 0 Å². The molecule has 0 bridgehead atoms. The first-order chi connectivity index (χ1) is 12.8. The lowest BCUT2D eigenvalue weighted by atomic mass is 10.0. The molecule has 2 aliphatic rings. The Labute approximate surface area is 161 Å². The maximum absolute atomic E-state index is 12.7. The zero-order valence-corrected chi connectivity index (χ0v) is 16.9. The van der Waals surface area contributed by atoms with Crippen LogP contribution in [0.4, 0.5) is 4.79 Å². The van der Waals surface area contributed by atoms with Gasteiger partial charge in [0.25, 0.3) is 5.91 Å². The fraction of sp³-hybridized carbons (Fsp3) is 0.625. The van der Waals surface area contributed by atoms with Crippen LogP contribution in [-0.2, 0) is 38.4 Å². The van der Waals surface area contributed by atoms with Crippen molar-refractivity contribution in [3.63, 3.8) is 0 Å². The largest absolute Gasteiger partial charge is 0.461 e. The molecule has 2 atom stereocenters. The first-order valence-corrected chi connectivity index (χ1v) is 9.98. The van der Waals surface area contributed by atoms with E-state index in [1.807, 2.05) is 0 Å². The molecule has 0 aliphatic carbocycles. The Hall–Kier alpha value is -2.63. The molecule has 28 heavy (non-hydrogen) atoms. The fourth-order valence-corrected chi connectivity index (χ4v) is 4.83. The number of esters is 2. The number of hydrogen-bond acceptors (Lipinski definition) is 9. The monoisotopic (exact) mass is 418 g/mol. The van der Waals surface area contributed by atoms with Crippen LogP contribution in [-0.4, -0.2) is 73.7 Å². The van der Waals surface area contributed by atoms with E-state index in [0.717, 1.165) is 18.9 Å². The molecular weight excluding hydrogens is 396 g/mol. The third-order valence-electron chi connectivity index (χ3n) is 3.86. The molecule has 11 nitrogen and oxygen atoms in total. The lowest BCUT2D eigenvalue weighted by Crippen LogP contribution is -2.75. The van der Waals surface area contributed by atoms with E-state index in [1.165, 1.54) is 0 Å². The quantitative estimate of drug-likeness (QED) is 0.361. The summed E-state index contributed by atoms with van der Waals surface area (Å²) in [6, 6.07) is -1.40. The zero-order chi connectivity index (χ0) is 21.4. The van der Waals surface area contributed by atoms with Crippen molar-refractivity contribution in [3.05, 3.63) is 11.3 Å². The van der Waals surface area contributed by atoms with Crippen LogP contribution in [0.1, 0.15) is 27.7 Å². The first kappa shape index (κ1) is 21.7. The highest BCUT2D eigenvalue weighted by Crippen LogP contribution is 2.37. The minimum atomic E-state index is -3.99. The fourth-order valence-electron chi connectivity index (χ4n) is 2.82. The number of nitrogens with one attached hydrogen (secondary N) is 1. The highest BCUT2D eigenvalue weighted by Gasteiger charge is 2.61. The molecule has 1 N–H and O–H groups in total. The molecule has 2 heterocycles. The zero-order valence-electron chi connectivity index (χ0n) is 16.1. The van der Waals surface area contributed by atoms with E-state index < -0.39 is 63.2 Å². The highest BCUT2D eigenvalue weighted by atomic mass is 32.2. The molecule has 0 saturated carbocycles. The van der Waals surface area contributed by atoms with Crippen LogP contribution in [0.15, 0.2) is 11.3 Å². The van der Waals surface area contributed by atoms with E-state index in [-0.39, 0.29) is 11.3 Å². The number of carbonyl (C=O) groups is 4. The van der Waals surface area contributed by atoms with Gasteiger partial charge < -0.3 is 19.5 Å². The third-order valence-corrected chi connectivity index (χ3v) is 5.83. The molecule has 0 radical (unpaired) electrons. The number of methoxy groups -OCH3 is 1. The topological polar surface area (TPSA) is 145 Å². The van der Waals surface area contributed by atoms with Crippen molar-refractivity contribution < 1.29 is 41.8 Å². The van der Waals surface area contributed by atoms with Crippen molar-refractivity contribution in [1.82, 2.24) is 10.2 Å². The van der Waals surface area contributed by atoms with Crippen LogP contribution in [0.3, 0.4) is 0 Å². The Balaban J connectivity index is 2.48. The van der Waals surface area contributed by atoms with Crippen molar-refractivity contribution in [2.45, 2.75) is 44.7 Å². The Morgan fingerprint density at radius 1 is 1.25 bits per heavy atom. The summed E-state index contributed by atoms with van der Waals surface area (Å²) >= 11 is 0. The van der Waals surface area contributed by atoms with Gasteiger partial charge in [-0.25, -0.2) is 18.0 Å². The standard InChI is InChI=1S/C16H22N2O9S/c1-8(19)26-6-9-7-28(23,24)13-10(17-15(22)25-5)12(20)18(13)11(9)14(21)27-16(2,3)4/h10,13H,6-7H2,1-5H3,(H,17,22)/t10-,13?/m1/s1. The number of rotatable bonds is 4. The van der Waals surface area contributed by atoms with Crippen LogP contribution >= 0.6 is 0 Å². The average molecular weight is 418 g/mol. The normalized spacial score (nSPS) is 23.3. The molecule has 2 amide bonds. The maximum atomic E-state index is 12.7. The van der Waals surface area contributed by atoms with E-state index in [4.69, 9.17) is 9.47 Å². The lowest BCUT2D eigenvalue weighted by Gasteiger charge is -2.49. The number of hydrogen-bond donors (Lipinski definition) is 1. The second kappa shape index (κ2) is 7.41. The molecular formula is C16H22N2O9S. The van der Waals surface area contributed by atoms with Crippen molar-refractivity contribution in [2.75, 3.05) is 19.5 Å².